The highest BCUT2D eigenvalue weighted by molar-refractivity contribution is 5.85. The molecule has 0 radical (unpaired) electrons. The number of phenolic OH excluding ortho intramolecular Hbond substituents is 1. The number of aromatic hydroxyl groups is 1. The molecule has 0 bridgehead atoms. The summed E-state index contributed by atoms with van der Waals surface area (Å²) >= 11 is 0. The van der Waals surface area contributed by atoms with Crippen LogP contribution in [0.4, 0.5) is 0 Å². The summed E-state index contributed by atoms with van der Waals surface area (Å²) in [6.45, 7) is 4.76. The molecule has 0 fully saturated rings. The van der Waals surface area contributed by atoms with E-state index in [9.17, 15) is 9.90 Å². The molecular formula is C18H28ClNO3. The average Bonchev–Trinajstić information content (AvgIpc) is 2.49. The number of ether oxygens (including phenoxy) is 1. The van der Waals surface area contributed by atoms with Gasteiger partial charge in [0.05, 0.1) is 7.11 Å². The van der Waals surface area contributed by atoms with Crippen molar-refractivity contribution in [1.29, 1.82) is 0 Å². The standard InChI is InChI=1S/C18H27NO3.ClH/c1-14(2)8-6-4-5-7-9-18(21)19-13-15-10-11-16(20)17(12-15)22-3;/h6,8,10-12,14,20H,4-5,7,9,13H2,1-3H3,(H,19,21);1H/b8-6+;. The van der Waals surface area contributed by atoms with E-state index in [0.717, 1.165) is 24.8 Å². The number of nitrogens with one attached hydrogen (secondary N) is 1. The van der Waals surface area contributed by atoms with Crippen LogP contribution in [-0.2, 0) is 11.3 Å². The van der Waals surface area contributed by atoms with E-state index in [1.54, 1.807) is 18.2 Å². The summed E-state index contributed by atoms with van der Waals surface area (Å²) in [5, 5.41) is 12.4. The minimum atomic E-state index is 0. The predicted molar refractivity (Wildman–Crippen MR) is 96.2 cm³/mol. The Labute approximate surface area is 145 Å². The molecule has 0 spiro atoms. The predicted octanol–water partition coefficient (Wildman–Crippen LogP) is 4.21. The van der Waals surface area contributed by atoms with Gasteiger partial charge in [-0.25, -0.2) is 0 Å². The van der Waals surface area contributed by atoms with Gasteiger partial charge in [-0.2, -0.15) is 0 Å². The lowest BCUT2D eigenvalue weighted by Crippen LogP contribution is -2.22. The quantitative estimate of drug-likeness (QED) is 0.522. The van der Waals surface area contributed by atoms with Crippen LogP contribution < -0.4 is 10.1 Å². The lowest BCUT2D eigenvalue weighted by atomic mass is 10.1. The van der Waals surface area contributed by atoms with Gasteiger partial charge in [0.2, 0.25) is 5.91 Å². The van der Waals surface area contributed by atoms with Crippen LogP contribution in [0, 0.1) is 5.92 Å². The fraction of sp³-hybridized carbons (Fsp3) is 0.500. The second-order valence-electron chi connectivity index (χ2n) is 5.70. The van der Waals surface area contributed by atoms with Crippen molar-refractivity contribution in [3.8, 4) is 11.5 Å². The topological polar surface area (TPSA) is 58.6 Å². The monoisotopic (exact) mass is 341 g/mol. The maximum absolute atomic E-state index is 11.8. The lowest BCUT2D eigenvalue weighted by Gasteiger charge is -2.08. The first-order valence-corrected chi connectivity index (χ1v) is 7.82. The Kier molecular flexibility index (Phi) is 11.0. The van der Waals surface area contributed by atoms with Crippen molar-refractivity contribution >= 4 is 18.3 Å². The third kappa shape index (κ3) is 9.14. The Morgan fingerprint density at radius 1 is 1.35 bits per heavy atom. The van der Waals surface area contributed by atoms with E-state index in [-0.39, 0.29) is 24.1 Å². The van der Waals surface area contributed by atoms with Gasteiger partial charge in [-0.3, -0.25) is 4.79 Å². The summed E-state index contributed by atoms with van der Waals surface area (Å²) in [6, 6.07) is 5.07. The summed E-state index contributed by atoms with van der Waals surface area (Å²) in [5.41, 5.74) is 0.905. The number of halogens is 1. The van der Waals surface area contributed by atoms with Crippen LogP contribution in [0.2, 0.25) is 0 Å². The second-order valence-corrected chi connectivity index (χ2v) is 5.70. The number of carbonyl (C=O) groups excluding carboxylic acids is 1. The normalized spacial score (nSPS) is 10.6. The smallest absolute Gasteiger partial charge is 0.220 e. The molecular weight excluding hydrogens is 314 g/mol. The van der Waals surface area contributed by atoms with Gasteiger partial charge in [0, 0.05) is 13.0 Å². The number of phenols is 1. The fourth-order valence-electron chi connectivity index (χ4n) is 2.04. The number of amides is 1. The van der Waals surface area contributed by atoms with Crippen molar-refractivity contribution in [2.24, 2.45) is 5.92 Å². The summed E-state index contributed by atoms with van der Waals surface area (Å²) < 4.78 is 5.04. The van der Waals surface area contributed by atoms with Gasteiger partial charge in [0.25, 0.3) is 0 Å². The zero-order valence-electron chi connectivity index (χ0n) is 14.2. The number of hydrogen-bond donors (Lipinski definition) is 2. The Bertz CT molecular complexity index is 501. The molecule has 0 heterocycles. The molecule has 23 heavy (non-hydrogen) atoms. The van der Waals surface area contributed by atoms with Crippen LogP contribution in [-0.4, -0.2) is 18.1 Å². The van der Waals surface area contributed by atoms with E-state index in [1.165, 1.54) is 7.11 Å². The molecule has 4 nitrogen and oxygen atoms in total. The number of rotatable bonds is 9. The van der Waals surface area contributed by atoms with Crippen molar-refractivity contribution < 1.29 is 14.6 Å². The van der Waals surface area contributed by atoms with E-state index in [4.69, 9.17) is 4.74 Å². The van der Waals surface area contributed by atoms with E-state index >= 15 is 0 Å². The largest absolute Gasteiger partial charge is 0.504 e. The van der Waals surface area contributed by atoms with Crippen LogP contribution >= 0.6 is 12.4 Å². The molecule has 0 aliphatic carbocycles. The molecule has 0 atom stereocenters. The molecule has 0 saturated heterocycles. The molecule has 1 amide bonds. The number of unbranched alkanes of at least 4 members (excludes halogenated alkanes) is 2. The van der Waals surface area contributed by atoms with Crippen LogP contribution in [0.3, 0.4) is 0 Å². The Morgan fingerprint density at radius 2 is 2.09 bits per heavy atom. The minimum Gasteiger partial charge on any atom is -0.504 e. The lowest BCUT2D eigenvalue weighted by molar-refractivity contribution is -0.121. The van der Waals surface area contributed by atoms with E-state index in [0.29, 0.717) is 24.6 Å². The average molecular weight is 342 g/mol. The summed E-state index contributed by atoms with van der Waals surface area (Å²) in [5.74, 6) is 1.17. The first-order chi connectivity index (χ1) is 10.5. The van der Waals surface area contributed by atoms with Gasteiger partial charge in [0.1, 0.15) is 0 Å². The summed E-state index contributed by atoms with van der Waals surface area (Å²) in [7, 11) is 1.51. The molecule has 0 saturated carbocycles. The highest BCUT2D eigenvalue weighted by Gasteiger charge is 2.04. The maximum Gasteiger partial charge on any atom is 0.220 e. The van der Waals surface area contributed by atoms with Gasteiger partial charge in [-0.15, -0.1) is 12.4 Å². The summed E-state index contributed by atoms with van der Waals surface area (Å²) in [6.07, 6.45) is 7.88. The molecule has 0 aromatic heterocycles. The molecule has 130 valence electrons. The van der Waals surface area contributed by atoms with Crippen LogP contribution in [0.1, 0.15) is 45.1 Å². The van der Waals surface area contributed by atoms with Crippen LogP contribution in [0.5, 0.6) is 11.5 Å². The minimum absolute atomic E-state index is 0. The van der Waals surface area contributed by atoms with Crippen LogP contribution in [0.25, 0.3) is 0 Å². The van der Waals surface area contributed by atoms with E-state index in [1.807, 2.05) is 0 Å². The molecule has 5 heteroatoms. The van der Waals surface area contributed by atoms with Gasteiger partial charge >= 0.3 is 0 Å². The fourth-order valence-corrected chi connectivity index (χ4v) is 2.04. The van der Waals surface area contributed by atoms with Gasteiger partial charge in [-0.1, -0.05) is 32.1 Å². The molecule has 2 N–H and O–H groups in total. The van der Waals surface area contributed by atoms with Crippen molar-refractivity contribution in [1.82, 2.24) is 5.32 Å². The number of benzene rings is 1. The zero-order valence-corrected chi connectivity index (χ0v) is 15.0. The molecule has 0 aliphatic rings. The highest BCUT2D eigenvalue weighted by atomic mass is 35.5. The molecule has 1 aromatic rings. The van der Waals surface area contributed by atoms with Crippen LogP contribution in [0.15, 0.2) is 30.4 Å². The van der Waals surface area contributed by atoms with Crippen molar-refractivity contribution in [2.45, 2.75) is 46.1 Å². The van der Waals surface area contributed by atoms with E-state index in [2.05, 4.69) is 31.3 Å². The Morgan fingerprint density at radius 3 is 2.74 bits per heavy atom. The Balaban J connectivity index is 0.00000484. The van der Waals surface area contributed by atoms with Crippen molar-refractivity contribution in [2.75, 3.05) is 7.11 Å². The molecule has 1 aromatic carbocycles. The maximum atomic E-state index is 11.8. The van der Waals surface area contributed by atoms with E-state index < -0.39 is 0 Å². The highest BCUT2D eigenvalue weighted by Crippen LogP contribution is 2.26. The van der Waals surface area contributed by atoms with Gasteiger partial charge in [0.15, 0.2) is 11.5 Å². The van der Waals surface area contributed by atoms with Crippen molar-refractivity contribution in [3.05, 3.63) is 35.9 Å². The number of allylic oxidation sites excluding steroid dienone is 2. The molecule has 1 rings (SSSR count). The third-order valence-corrected chi connectivity index (χ3v) is 3.28. The number of methoxy groups -OCH3 is 1. The number of carbonyl (C=O) groups is 1. The number of hydrogen-bond acceptors (Lipinski definition) is 3. The first-order valence-electron chi connectivity index (χ1n) is 7.82. The Hall–Kier alpha value is -1.68. The first kappa shape index (κ1) is 21.3. The SMILES string of the molecule is COc1cc(CNC(=O)CCCC/C=C/C(C)C)ccc1O.Cl. The summed E-state index contributed by atoms with van der Waals surface area (Å²) in [4.78, 5) is 11.8. The molecule has 0 unspecified atom stereocenters. The molecule has 0 aliphatic heterocycles. The third-order valence-electron chi connectivity index (χ3n) is 3.28. The zero-order chi connectivity index (χ0) is 16.4. The van der Waals surface area contributed by atoms with Gasteiger partial charge in [-0.05, 0) is 42.9 Å². The van der Waals surface area contributed by atoms with Crippen molar-refractivity contribution in [3.63, 3.8) is 0 Å². The van der Waals surface area contributed by atoms with Gasteiger partial charge < -0.3 is 15.2 Å². The second kappa shape index (κ2) is 11.8.